The van der Waals surface area contributed by atoms with Gasteiger partial charge in [-0.1, -0.05) is 24.3 Å². The predicted octanol–water partition coefficient (Wildman–Crippen LogP) is 1.98. The molecule has 4 rings (SSSR count). The number of likely N-dealkylation sites (N-methyl/N-ethyl adjacent to an activating group) is 1. The summed E-state index contributed by atoms with van der Waals surface area (Å²) in [6, 6.07) is 15.2. The summed E-state index contributed by atoms with van der Waals surface area (Å²) in [7, 11) is 4.24. The van der Waals surface area contributed by atoms with E-state index in [1.54, 1.807) is 24.3 Å². The fourth-order valence-corrected chi connectivity index (χ4v) is 4.74. The van der Waals surface area contributed by atoms with E-state index in [9.17, 15) is 14.9 Å². The smallest absolute Gasteiger partial charge is 0.313 e. The lowest BCUT2D eigenvalue weighted by Gasteiger charge is -2.39. The van der Waals surface area contributed by atoms with E-state index >= 15 is 0 Å². The molecule has 0 aromatic heterocycles. The molecule has 8 heteroatoms. The van der Waals surface area contributed by atoms with Gasteiger partial charge in [0.25, 0.3) is 0 Å². The summed E-state index contributed by atoms with van der Waals surface area (Å²) >= 11 is 0. The Morgan fingerprint density at radius 2 is 1.79 bits per heavy atom. The highest BCUT2D eigenvalue weighted by Crippen LogP contribution is 2.31. The van der Waals surface area contributed by atoms with E-state index in [0.717, 1.165) is 51.1 Å². The van der Waals surface area contributed by atoms with Crippen molar-refractivity contribution in [3.8, 4) is 6.07 Å². The van der Waals surface area contributed by atoms with E-state index in [0.29, 0.717) is 17.8 Å². The number of fused-ring (bicyclic) bond motifs is 1. The highest BCUT2D eigenvalue weighted by atomic mass is 16.2. The van der Waals surface area contributed by atoms with Crippen molar-refractivity contribution in [1.82, 2.24) is 15.1 Å². The maximum atomic E-state index is 12.7. The summed E-state index contributed by atoms with van der Waals surface area (Å²) in [5.41, 5.74) is 4.42. The van der Waals surface area contributed by atoms with Gasteiger partial charge in [-0.05, 0) is 49.2 Å². The maximum absolute atomic E-state index is 12.7. The molecule has 0 aliphatic carbocycles. The van der Waals surface area contributed by atoms with E-state index < -0.39 is 11.8 Å². The monoisotopic (exact) mass is 460 g/mol. The summed E-state index contributed by atoms with van der Waals surface area (Å²) in [4.78, 5) is 32.1. The fraction of sp³-hybridized carbons (Fsp3) is 0.423. The van der Waals surface area contributed by atoms with E-state index in [1.165, 1.54) is 11.3 Å². The second-order valence-corrected chi connectivity index (χ2v) is 9.09. The number of carbonyl (C=O) groups excluding carboxylic acids is 2. The Morgan fingerprint density at radius 1 is 1.03 bits per heavy atom. The Morgan fingerprint density at radius 3 is 2.56 bits per heavy atom. The van der Waals surface area contributed by atoms with Crippen LogP contribution in [0.4, 0.5) is 11.4 Å². The Hall–Kier alpha value is -3.41. The number of rotatable bonds is 5. The first-order chi connectivity index (χ1) is 16.5. The standard InChI is InChI=1S/C26H32N6O2/c1-30-12-14-32(15-13-30)24(20-9-10-23-19(16-20)7-5-11-31(23)2)18-28-25(33)26(34)29-22-8-4-3-6-21(22)17-27/h3-4,6,8-10,16,24H,5,7,11-15,18H2,1-2H3,(H,28,33)(H,29,34)/t24-/m1/s1. The molecule has 1 fully saturated rings. The largest absolute Gasteiger partial charge is 0.374 e. The molecule has 2 aliphatic rings. The van der Waals surface area contributed by atoms with Crippen LogP contribution in [0.1, 0.15) is 29.2 Å². The van der Waals surface area contributed by atoms with Gasteiger partial charge in [-0.3, -0.25) is 14.5 Å². The summed E-state index contributed by atoms with van der Waals surface area (Å²) < 4.78 is 0. The molecule has 34 heavy (non-hydrogen) atoms. The van der Waals surface area contributed by atoms with Crippen molar-refractivity contribution in [2.75, 3.05) is 63.6 Å². The van der Waals surface area contributed by atoms with E-state index in [-0.39, 0.29) is 6.04 Å². The molecule has 2 amide bonds. The number of carbonyl (C=O) groups is 2. The lowest BCUT2D eigenvalue weighted by atomic mass is 9.95. The highest BCUT2D eigenvalue weighted by Gasteiger charge is 2.27. The topological polar surface area (TPSA) is 91.7 Å². The van der Waals surface area contributed by atoms with Crippen LogP contribution in [0.5, 0.6) is 0 Å². The van der Waals surface area contributed by atoms with Crippen LogP contribution < -0.4 is 15.5 Å². The molecule has 8 nitrogen and oxygen atoms in total. The molecule has 2 aromatic carbocycles. The normalized spacial score (nSPS) is 17.4. The number of anilines is 2. The number of para-hydroxylation sites is 1. The van der Waals surface area contributed by atoms with Gasteiger partial charge in [0.2, 0.25) is 0 Å². The molecule has 0 spiro atoms. The summed E-state index contributed by atoms with van der Waals surface area (Å²) in [6.45, 7) is 5.12. The molecule has 0 bridgehead atoms. The van der Waals surface area contributed by atoms with E-state index in [4.69, 9.17) is 0 Å². The SMILES string of the molecule is CN1CCN([C@H](CNC(=O)C(=O)Nc2ccccc2C#N)c2ccc3c(c2)CCCN3C)CC1. The maximum Gasteiger partial charge on any atom is 0.313 e. The fourth-order valence-electron chi connectivity index (χ4n) is 4.74. The second kappa shape index (κ2) is 10.7. The van der Waals surface area contributed by atoms with Gasteiger partial charge in [0.1, 0.15) is 6.07 Å². The van der Waals surface area contributed by atoms with Crippen LogP contribution >= 0.6 is 0 Å². The van der Waals surface area contributed by atoms with Crippen molar-refractivity contribution in [2.24, 2.45) is 0 Å². The molecule has 0 saturated carbocycles. The van der Waals surface area contributed by atoms with Crippen molar-refractivity contribution in [3.05, 3.63) is 59.2 Å². The third-order valence-electron chi connectivity index (χ3n) is 6.78. The minimum atomic E-state index is -0.771. The average molecular weight is 461 g/mol. The van der Waals surface area contributed by atoms with Gasteiger partial charge in [0, 0.05) is 52.0 Å². The first-order valence-corrected chi connectivity index (χ1v) is 11.8. The molecular weight excluding hydrogens is 428 g/mol. The zero-order valence-electron chi connectivity index (χ0n) is 19.9. The van der Waals surface area contributed by atoms with Gasteiger partial charge in [-0.15, -0.1) is 0 Å². The highest BCUT2D eigenvalue weighted by molar-refractivity contribution is 6.39. The molecular formula is C26H32N6O2. The number of hydrogen-bond donors (Lipinski definition) is 2. The van der Waals surface area contributed by atoms with Gasteiger partial charge in [-0.2, -0.15) is 5.26 Å². The first-order valence-electron chi connectivity index (χ1n) is 11.8. The predicted molar refractivity (Wildman–Crippen MR) is 133 cm³/mol. The number of nitrogens with one attached hydrogen (secondary N) is 2. The molecule has 0 unspecified atom stereocenters. The summed E-state index contributed by atoms with van der Waals surface area (Å²) in [5, 5.41) is 14.6. The van der Waals surface area contributed by atoms with Crippen molar-refractivity contribution >= 4 is 23.2 Å². The van der Waals surface area contributed by atoms with Crippen molar-refractivity contribution in [3.63, 3.8) is 0 Å². The van der Waals surface area contributed by atoms with Gasteiger partial charge in [-0.25, -0.2) is 0 Å². The summed E-state index contributed by atoms with van der Waals surface area (Å²) in [6.07, 6.45) is 2.18. The van der Waals surface area contributed by atoms with Crippen LogP contribution in [0, 0.1) is 11.3 Å². The van der Waals surface area contributed by atoms with Crippen LogP contribution in [0.3, 0.4) is 0 Å². The van der Waals surface area contributed by atoms with Crippen molar-refractivity contribution in [1.29, 1.82) is 5.26 Å². The van der Waals surface area contributed by atoms with Crippen LogP contribution in [0.15, 0.2) is 42.5 Å². The Labute approximate surface area is 201 Å². The minimum Gasteiger partial charge on any atom is -0.374 e. The Balaban J connectivity index is 1.48. The molecule has 1 atom stereocenters. The van der Waals surface area contributed by atoms with Gasteiger partial charge < -0.3 is 20.4 Å². The third-order valence-corrected chi connectivity index (χ3v) is 6.78. The number of hydrogen-bond acceptors (Lipinski definition) is 6. The van der Waals surface area contributed by atoms with Gasteiger partial charge in [0.15, 0.2) is 0 Å². The number of aryl methyl sites for hydroxylation is 1. The Kier molecular flexibility index (Phi) is 7.46. The van der Waals surface area contributed by atoms with Crippen molar-refractivity contribution in [2.45, 2.75) is 18.9 Å². The van der Waals surface area contributed by atoms with Crippen LogP contribution in [-0.2, 0) is 16.0 Å². The molecule has 2 heterocycles. The zero-order valence-corrected chi connectivity index (χ0v) is 19.9. The number of nitrogens with zero attached hydrogens (tertiary/aromatic N) is 4. The molecule has 0 radical (unpaired) electrons. The Bertz CT molecular complexity index is 1090. The van der Waals surface area contributed by atoms with E-state index in [2.05, 4.69) is 57.6 Å². The number of benzene rings is 2. The van der Waals surface area contributed by atoms with Crippen LogP contribution in [0.25, 0.3) is 0 Å². The number of nitriles is 1. The van der Waals surface area contributed by atoms with E-state index in [1.807, 2.05) is 6.07 Å². The van der Waals surface area contributed by atoms with Gasteiger partial charge in [0.05, 0.1) is 17.3 Å². The number of piperazine rings is 1. The average Bonchev–Trinajstić information content (AvgIpc) is 2.85. The van der Waals surface area contributed by atoms with Gasteiger partial charge >= 0.3 is 11.8 Å². The van der Waals surface area contributed by atoms with Crippen LogP contribution in [0.2, 0.25) is 0 Å². The third kappa shape index (κ3) is 5.38. The molecule has 2 aromatic rings. The van der Waals surface area contributed by atoms with Crippen molar-refractivity contribution < 1.29 is 9.59 Å². The lowest BCUT2D eigenvalue weighted by molar-refractivity contribution is -0.136. The number of amides is 2. The first kappa shape index (κ1) is 23.7. The quantitative estimate of drug-likeness (QED) is 0.663. The lowest BCUT2D eigenvalue weighted by Crippen LogP contribution is -2.49. The summed E-state index contributed by atoms with van der Waals surface area (Å²) in [5.74, 6) is -1.48. The molecule has 178 valence electrons. The molecule has 2 aliphatic heterocycles. The second-order valence-electron chi connectivity index (χ2n) is 9.09. The zero-order chi connectivity index (χ0) is 24.1. The minimum absolute atomic E-state index is 0.0191. The van der Waals surface area contributed by atoms with Crippen LogP contribution in [-0.4, -0.2) is 75.0 Å². The molecule has 2 N–H and O–H groups in total. The molecule has 1 saturated heterocycles.